The minimum atomic E-state index is -1.00. The summed E-state index contributed by atoms with van der Waals surface area (Å²) >= 11 is 0. The van der Waals surface area contributed by atoms with Crippen molar-refractivity contribution >= 4 is 43.9 Å². The zero-order chi connectivity index (χ0) is 41.0. The number of pyridine rings is 2. The van der Waals surface area contributed by atoms with Gasteiger partial charge in [0.05, 0.1) is 22.8 Å². The van der Waals surface area contributed by atoms with E-state index in [0.717, 1.165) is 100 Å². The fraction of sp³-hybridized carbons (Fsp3) is 0.164. The molecule has 10 aromatic rings. The molecule has 4 aromatic heterocycles. The molecule has 0 unspecified atom stereocenters. The topological polar surface area (TPSA) is 61.3 Å². The lowest BCUT2D eigenvalue weighted by molar-refractivity contribution is 0.426. The Morgan fingerprint density at radius 1 is 0.417 bits per heavy atom. The first-order valence-electron chi connectivity index (χ1n) is 20.7. The summed E-state index contributed by atoms with van der Waals surface area (Å²) in [6, 6.07) is 55.1. The summed E-state index contributed by atoms with van der Waals surface area (Å²) in [6.45, 7) is 13.6. The number of hydrogen-bond acceptors (Lipinski definition) is 5. The van der Waals surface area contributed by atoms with Gasteiger partial charge in [0.2, 0.25) is 0 Å². The Bertz CT molecular complexity index is 3110. The van der Waals surface area contributed by atoms with Crippen molar-refractivity contribution in [2.24, 2.45) is 0 Å². The second-order valence-electron chi connectivity index (χ2n) is 18.1. The van der Waals surface area contributed by atoms with Gasteiger partial charge in [-0.3, -0.25) is 9.97 Å². The summed E-state index contributed by atoms with van der Waals surface area (Å²) in [4.78, 5) is 11.5. The van der Waals surface area contributed by atoms with E-state index < -0.39 is 5.41 Å². The molecular weight excluding hydrogens is 737 g/mol. The van der Waals surface area contributed by atoms with Crippen molar-refractivity contribution in [2.75, 3.05) is 0 Å². The van der Waals surface area contributed by atoms with Crippen LogP contribution in [0, 0.1) is 0 Å². The van der Waals surface area contributed by atoms with Gasteiger partial charge in [-0.25, -0.2) is 0 Å². The lowest BCUT2D eigenvalue weighted by Crippen LogP contribution is -2.37. The minimum Gasteiger partial charge on any atom is -0.457 e. The molecule has 0 N–H and O–H groups in total. The molecule has 0 bridgehead atoms. The molecule has 0 atom stereocenters. The minimum absolute atomic E-state index is 0.144. The van der Waals surface area contributed by atoms with Crippen LogP contribution in [0.4, 0.5) is 0 Å². The summed E-state index contributed by atoms with van der Waals surface area (Å²) in [5.41, 5.74) is 11.9. The Labute approximate surface area is 349 Å². The SMILES string of the molecule is CC(C)(C)c1ccc2c(c1)C(c1cccc(-c3cccc4oc5ccccc5c34)n1)(c1cccc(-c3cccc4oc5ccccc5c34)n1)c1cc(C(C)(C)C)ccc1O2. The molecule has 0 amide bonds. The molecule has 1 aliphatic rings. The molecule has 5 heteroatoms. The van der Waals surface area contributed by atoms with Crippen LogP contribution in [0.3, 0.4) is 0 Å². The average Bonchev–Trinajstić information content (AvgIpc) is 3.83. The van der Waals surface area contributed by atoms with Crippen LogP contribution >= 0.6 is 0 Å². The number of ether oxygens (including phenoxy) is 1. The van der Waals surface area contributed by atoms with Crippen molar-refractivity contribution in [3.05, 3.63) is 191 Å². The second kappa shape index (κ2) is 13.0. The number of fused-ring (bicyclic) bond motifs is 8. The fourth-order valence-electron chi connectivity index (χ4n) is 9.27. The molecule has 292 valence electrons. The van der Waals surface area contributed by atoms with Gasteiger partial charge in [0.25, 0.3) is 0 Å². The molecule has 5 heterocycles. The van der Waals surface area contributed by atoms with Gasteiger partial charge in [0, 0.05) is 43.8 Å². The maximum Gasteiger partial charge on any atom is 0.136 e. The molecule has 5 nitrogen and oxygen atoms in total. The number of para-hydroxylation sites is 2. The smallest absolute Gasteiger partial charge is 0.136 e. The third-order valence-corrected chi connectivity index (χ3v) is 12.3. The number of benzene rings is 6. The van der Waals surface area contributed by atoms with Gasteiger partial charge in [-0.15, -0.1) is 0 Å². The Morgan fingerprint density at radius 3 is 1.28 bits per heavy atom. The maximum absolute atomic E-state index is 6.95. The van der Waals surface area contributed by atoms with Crippen LogP contribution in [0.25, 0.3) is 66.4 Å². The van der Waals surface area contributed by atoms with Crippen LogP contribution in [0.5, 0.6) is 11.5 Å². The molecule has 0 aliphatic carbocycles. The van der Waals surface area contributed by atoms with E-state index in [1.807, 2.05) is 36.4 Å². The van der Waals surface area contributed by atoms with E-state index in [1.54, 1.807) is 0 Å². The predicted octanol–water partition coefficient (Wildman–Crippen LogP) is 14.7. The number of rotatable bonds is 4. The maximum atomic E-state index is 6.95. The first-order chi connectivity index (χ1) is 29.0. The summed E-state index contributed by atoms with van der Waals surface area (Å²) < 4.78 is 19.7. The summed E-state index contributed by atoms with van der Waals surface area (Å²) in [6.07, 6.45) is 0. The van der Waals surface area contributed by atoms with Crippen LogP contribution in [0.1, 0.15) is 75.2 Å². The Hall–Kier alpha value is -6.98. The van der Waals surface area contributed by atoms with Crippen molar-refractivity contribution in [3.8, 4) is 34.0 Å². The first kappa shape index (κ1) is 36.1. The number of hydrogen-bond donors (Lipinski definition) is 0. The zero-order valence-electron chi connectivity index (χ0n) is 34.6. The number of aromatic nitrogens is 2. The van der Waals surface area contributed by atoms with Crippen molar-refractivity contribution in [1.29, 1.82) is 0 Å². The lowest BCUT2D eigenvalue weighted by atomic mass is 9.65. The van der Waals surface area contributed by atoms with Gasteiger partial charge in [0.15, 0.2) is 0 Å². The Kier molecular flexibility index (Phi) is 7.83. The van der Waals surface area contributed by atoms with Gasteiger partial charge in [-0.2, -0.15) is 0 Å². The highest BCUT2D eigenvalue weighted by molar-refractivity contribution is 6.13. The third kappa shape index (κ3) is 5.45. The largest absolute Gasteiger partial charge is 0.457 e. The molecule has 0 radical (unpaired) electrons. The molecule has 60 heavy (non-hydrogen) atoms. The Balaban J connectivity index is 1.26. The van der Waals surface area contributed by atoms with Crippen LogP contribution in [0.15, 0.2) is 167 Å². The molecule has 1 aliphatic heterocycles. The molecule has 0 spiro atoms. The molecule has 6 aromatic carbocycles. The third-order valence-electron chi connectivity index (χ3n) is 12.3. The van der Waals surface area contributed by atoms with Gasteiger partial charge >= 0.3 is 0 Å². The molecule has 0 saturated carbocycles. The predicted molar refractivity (Wildman–Crippen MR) is 243 cm³/mol. The standard InChI is InChI=1S/C55H44N2O3/c1-53(2,3)33-27-29-45-39(31-33)55(40-32-34(54(4,5)6)28-30-46(40)60-45,49-25-13-19-41(56-49)35-17-11-23-47-51(35)37-15-7-9-21-43(37)58-47)50-26-14-20-42(57-50)36-18-12-24-48-52(36)38-16-8-10-22-44(38)59-48/h7-32H,1-6H3. The number of furan rings is 2. The van der Waals surface area contributed by atoms with Gasteiger partial charge < -0.3 is 13.6 Å². The van der Waals surface area contributed by atoms with Crippen LogP contribution in [-0.2, 0) is 16.2 Å². The molecular formula is C55H44N2O3. The second-order valence-corrected chi connectivity index (χ2v) is 18.1. The van der Waals surface area contributed by atoms with Crippen molar-refractivity contribution < 1.29 is 13.6 Å². The molecule has 11 rings (SSSR count). The highest BCUT2D eigenvalue weighted by Crippen LogP contribution is 2.56. The van der Waals surface area contributed by atoms with E-state index in [4.69, 9.17) is 23.5 Å². The van der Waals surface area contributed by atoms with Gasteiger partial charge in [-0.1, -0.05) is 126 Å². The van der Waals surface area contributed by atoms with Crippen molar-refractivity contribution in [1.82, 2.24) is 9.97 Å². The van der Waals surface area contributed by atoms with E-state index in [1.165, 1.54) is 11.1 Å². The van der Waals surface area contributed by atoms with E-state index >= 15 is 0 Å². The van der Waals surface area contributed by atoms with E-state index in [2.05, 4.69) is 163 Å². The van der Waals surface area contributed by atoms with Crippen LogP contribution in [0.2, 0.25) is 0 Å². The van der Waals surface area contributed by atoms with Crippen molar-refractivity contribution in [3.63, 3.8) is 0 Å². The van der Waals surface area contributed by atoms with Crippen LogP contribution < -0.4 is 4.74 Å². The van der Waals surface area contributed by atoms with E-state index in [-0.39, 0.29) is 10.8 Å². The number of nitrogens with zero attached hydrogens (tertiary/aromatic N) is 2. The summed E-state index contributed by atoms with van der Waals surface area (Å²) in [5.74, 6) is 1.56. The normalized spacial score (nSPS) is 13.8. The van der Waals surface area contributed by atoms with Gasteiger partial charge in [-0.05, 0) is 94.8 Å². The first-order valence-corrected chi connectivity index (χ1v) is 20.7. The van der Waals surface area contributed by atoms with Crippen LogP contribution in [-0.4, -0.2) is 9.97 Å². The highest BCUT2D eigenvalue weighted by atomic mass is 16.5. The quantitative estimate of drug-likeness (QED) is 0.178. The van der Waals surface area contributed by atoms with E-state index in [0.29, 0.717) is 0 Å². The zero-order valence-corrected chi connectivity index (χ0v) is 34.6. The summed E-state index contributed by atoms with van der Waals surface area (Å²) in [5, 5.41) is 4.22. The summed E-state index contributed by atoms with van der Waals surface area (Å²) in [7, 11) is 0. The average molecular weight is 781 g/mol. The molecule has 0 fully saturated rings. The lowest BCUT2D eigenvalue weighted by Gasteiger charge is -2.41. The van der Waals surface area contributed by atoms with E-state index in [9.17, 15) is 0 Å². The Morgan fingerprint density at radius 2 is 0.833 bits per heavy atom. The molecule has 0 saturated heterocycles. The fourth-order valence-corrected chi connectivity index (χ4v) is 9.27. The van der Waals surface area contributed by atoms with Crippen molar-refractivity contribution in [2.45, 2.75) is 57.8 Å². The monoisotopic (exact) mass is 780 g/mol. The highest BCUT2D eigenvalue weighted by Gasteiger charge is 2.49. The van der Waals surface area contributed by atoms with Gasteiger partial charge in [0.1, 0.15) is 39.2 Å².